The molecule has 1 aliphatic rings. The molecule has 1 aliphatic heterocycles. The predicted octanol–water partition coefficient (Wildman–Crippen LogP) is -0.481. The summed E-state index contributed by atoms with van der Waals surface area (Å²) in [7, 11) is 0. The predicted molar refractivity (Wildman–Crippen MR) is 69.7 cm³/mol. The molecule has 0 aromatic carbocycles. The molecule has 1 fully saturated rings. The number of hydrogen-bond acceptors (Lipinski definition) is 6. The van der Waals surface area contributed by atoms with E-state index >= 15 is 0 Å². The van der Waals surface area contributed by atoms with Crippen LogP contribution in [0, 0.1) is 5.41 Å². The zero-order chi connectivity index (χ0) is 14.7. The highest BCUT2D eigenvalue weighted by Crippen LogP contribution is 2.16. The monoisotopic (exact) mass is 279 g/mol. The van der Waals surface area contributed by atoms with E-state index in [0.717, 1.165) is 25.9 Å². The molecule has 0 radical (unpaired) electrons. The van der Waals surface area contributed by atoms with Gasteiger partial charge >= 0.3 is 0 Å². The Hall–Kier alpha value is -2.38. The number of carbonyl (C=O) groups excluding carboxylic acids is 2. The molecule has 0 spiro atoms. The van der Waals surface area contributed by atoms with Crippen molar-refractivity contribution in [3.63, 3.8) is 0 Å². The van der Waals surface area contributed by atoms with E-state index in [-0.39, 0.29) is 5.49 Å². The van der Waals surface area contributed by atoms with Crippen molar-refractivity contribution in [2.45, 2.75) is 19.8 Å². The van der Waals surface area contributed by atoms with Crippen LogP contribution in [0.3, 0.4) is 0 Å². The number of hydrogen-bond donors (Lipinski definition) is 3. The number of ketones is 1. The number of nitrogens with zero attached hydrogens (tertiary/aromatic N) is 3. The molecule has 1 amide bonds. The number of aromatic nitrogens is 2. The summed E-state index contributed by atoms with van der Waals surface area (Å²) < 4.78 is 0.331. The van der Waals surface area contributed by atoms with Crippen molar-refractivity contribution in [3.8, 4) is 0 Å². The third-order valence-corrected chi connectivity index (χ3v) is 3.09. The molecule has 0 aliphatic carbocycles. The Morgan fingerprint density at radius 2 is 2.10 bits per heavy atom. The number of likely N-dealkylation sites (N-methyl/N-ethyl adjacent to an activating group) is 1. The Bertz CT molecular complexity index is 589. The largest absolute Gasteiger partial charge is 0.425 e. The minimum atomic E-state index is -0.955. The maximum atomic E-state index is 11.9. The Morgan fingerprint density at radius 3 is 2.70 bits per heavy atom. The molecular formula is C12H17N5O3. The van der Waals surface area contributed by atoms with Crippen molar-refractivity contribution in [2.75, 3.05) is 24.5 Å². The summed E-state index contributed by atoms with van der Waals surface area (Å²) in [5, 5.41) is 19.7. The Labute approximate surface area is 115 Å². The molecular weight excluding hydrogens is 262 g/mol. The van der Waals surface area contributed by atoms with Crippen LogP contribution in [-0.2, 0) is 4.79 Å². The molecule has 108 valence electrons. The van der Waals surface area contributed by atoms with Crippen molar-refractivity contribution < 1.29 is 14.8 Å². The molecule has 0 unspecified atom stereocenters. The lowest BCUT2D eigenvalue weighted by atomic mass is 10.3. The summed E-state index contributed by atoms with van der Waals surface area (Å²) in [5.74, 6) is -1.81. The summed E-state index contributed by atoms with van der Waals surface area (Å²) >= 11 is 0. The zero-order valence-electron chi connectivity index (χ0n) is 11.2. The van der Waals surface area contributed by atoms with E-state index in [1.54, 1.807) is 6.92 Å². The van der Waals surface area contributed by atoms with E-state index in [0.29, 0.717) is 17.1 Å². The molecule has 0 saturated carbocycles. The van der Waals surface area contributed by atoms with Gasteiger partial charge in [0.1, 0.15) is 5.82 Å². The van der Waals surface area contributed by atoms with E-state index in [1.165, 1.54) is 6.07 Å². The zero-order valence-corrected chi connectivity index (χ0v) is 11.2. The number of carbonyl (C=O) groups is 2. The smallest absolute Gasteiger partial charge is 0.295 e. The highest BCUT2D eigenvalue weighted by atomic mass is 16.5. The van der Waals surface area contributed by atoms with Gasteiger partial charge in [-0.1, -0.05) is 0 Å². The van der Waals surface area contributed by atoms with Crippen LogP contribution in [0.5, 0.6) is 0 Å². The number of amides is 1. The molecule has 3 N–H and O–H groups in total. The second-order valence-corrected chi connectivity index (χ2v) is 4.52. The molecule has 1 aromatic rings. The van der Waals surface area contributed by atoms with Crippen LogP contribution in [-0.4, -0.2) is 46.2 Å². The Kier molecular flexibility index (Phi) is 4.02. The first-order chi connectivity index (χ1) is 9.54. The molecule has 0 atom stereocenters. The van der Waals surface area contributed by atoms with Crippen LogP contribution in [0.1, 0.15) is 30.4 Å². The minimum absolute atomic E-state index is 0.283. The van der Waals surface area contributed by atoms with Crippen molar-refractivity contribution >= 4 is 17.5 Å². The maximum Gasteiger partial charge on any atom is 0.295 e. The Balaban J connectivity index is 2.39. The first kappa shape index (κ1) is 14.0. The summed E-state index contributed by atoms with van der Waals surface area (Å²) in [4.78, 5) is 29.4. The average molecular weight is 279 g/mol. The summed E-state index contributed by atoms with van der Waals surface area (Å²) in [5.41, 5.74) is -0.283. The third kappa shape index (κ3) is 2.63. The maximum absolute atomic E-state index is 11.9. The van der Waals surface area contributed by atoms with Gasteiger partial charge in [-0.2, -0.15) is 0 Å². The molecule has 2 heterocycles. The van der Waals surface area contributed by atoms with Crippen molar-refractivity contribution in [3.05, 3.63) is 17.4 Å². The normalized spacial score (nSPS) is 14.3. The van der Waals surface area contributed by atoms with Crippen LogP contribution in [0.2, 0.25) is 0 Å². The van der Waals surface area contributed by atoms with E-state index < -0.39 is 17.5 Å². The first-order valence-corrected chi connectivity index (χ1v) is 6.50. The van der Waals surface area contributed by atoms with Crippen LogP contribution in [0.4, 0.5) is 5.82 Å². The topological polar surface area (TPSA) is 111 Å². The quantitative estimate of drug-likeness (QED) is 0.391. The van der Waals surface area contributed by atoms with E-state index in [9.17, 15) is 14.8 Å². The van der Waals surface area contributed by atoms with Gasteiger partial charge in [0.15, 0.2) is 5.49 Å². The molecule has 1 saturated heterocycles. The lowest BCUT2D eigenvalue weighted by molar-refractivity contribution is -0.117. The van der Waals surface area contributed by atoms with Crippen LogP contribution in [0.25, 0.3) is 0 Å². The van der Waals surface area contributed by atoms with Gasteiger partial charge < -0.3 is 15.4 Å². The van der Waals surface area contributed by atoms with Gasteiger partial charge in [-0.25, -0.2) is 4.98 Å². The molecule has 20 heavy (non-hydrogen) atoms. The molecule has 2 rings (SSSR count). The molecule has 8 nitrogen and oxygen atoms in total. The van der Waals surface area contributed by atoms with Gasteiger partial charge in [0.25, 0.3) is 11.7 Å². The highest BCUT2D eigenvalue weighted by Gasteiger charge is 2.24. The van der Waals surface area contributed by atoms with Crippen LogP contribution >= 0.6 is 0 Å². The minimum Gasteiger partial charge on any atom is -0.425 e. The third-order valence-electron chi connectivity index (χ3n) is 3.09. The van der Waals surface area contributed by atoms with Gasteiger partial charge in [-0.15, -0.1) is 4.73 Å². The van der Waals surface area contributed by atoms with Gasteiger partial charge in [-0.3, -0.25) is 15.0 Å². The van der Waals surface area contributed by atoms with Gasteiger partial charge in [0.05, 0.1) is 0 Å². The lowest BCUT2D eigenvalue weighted by Crippen LogP contribution is -2.36. The van der Waals surface area contributed by atoms with E-state index in [4.69, 9.17) is 5.41 Å². The van der Waals surface area contributed by atoms with Crippen molar-refractivity contribution in [2.24, 2.45) is 0 Å². The summed E-state index contributed by atoms with van der Waals surface area (Å²) in [6.45, 7) is 3.56. The fraction of sp³-hybridized carbons (Fsp3) is 0.500. The summed E-state index contributed by atoms with van der Waals surface area (Å²) in [6, 6.07) is 1.37. The van der Waals surface area contributed by atoms with Crippen molar-refractivity contribution in [1.82, 2.24) is 15.0 Å². The molecule has 8 heteroatoms. The fourth-order valence-corrected chi connectivity index (χ4v) is 2.08. The summed E-state index contributed by atoms with van der Waals surface area (Å²) in [6.07, 6.45) is 2.03. The van der Waals surface area contributed by atoms with Gasteiger partial charge in [-0.05, 0) is 19.8 Å². The van der Waals surface area contributed by atoms with Gasteiger partial charge in [0.2, 0.25) is 5.82 Å². The second kappa shape index (κ2) is 5.72. The molecule has 0 bridgehead atoms. The van der Waals surface area contributed by atoms with Crippen LogP contribution in [0.15, 0.2) is 6.07 Å². The standard InChI is InChI=1S/C12H17N5O3/c1-2-14-12(19)10(18)11-15-9(7-8(13)17(11)20)16-5-3-4-6-16/h7,13,20H,2-6H2,1H3,(H,14,19). The number of anilines is 1. The van der Waals surface area contributed by atoms with E-state index in [2.05, 4.69) is 10.3 Å². The van der Waals surface area contributed by atoms with E-state index in [1.807, 2.05) is 4.90 Å². The highest BCUT2D eigenvalue weighted by molar-refractivity contribution is 6.41. The van der Waals surface area contributed by atoms with Crippen LogP contribution < -0.4 is 15.7 Å². The number of nitrogens with one attached hydrogen (secondary N) is 2. The van der Waals surface area contributed by atoms with Crippen molar-refractivity contribution in [1.29, 1.82) is 5.41 Å². The number of Topliss-reactive ketones (excluding diaryl/α,β-unsaturated/α-hetero) is 1. The lowest BCUT2D eigenvalue weighted by Gasteiger charge is -2.17. The second-order valence-electron chi connectivity index (χ2n) is 4.52. The fourth-order valence-electron chi connectivity index (χ4n) is 2.08. The first-order valence-electron chi connectivity index (χ1n) is 6.50. The number of rotatable bonds is 4. The Morgan fingerprint density at radius 1 is 1.45 bits per heavy atom. The average Bonchev–Trinajstić information content (AvgIpc) is 2.95. The SMILES string of the molecule is CCNC(=O)C(=O)c1nc(N2CCCC2)cc(=N)n1O. The molecule has 1 aromatic heterocycles. The van der Waals surface area contributed by atoms with Gasteiger partial charge in [0, 0.05) is 25.7 Å².